The van der Waals surface area contributed by atoms with Gasteiger partial charge in [0.15, 0.2) is 0 Å². The first-order valence-electron chi connectivity index (χ1n) is 7.28. The Hall–Kier alpha value is -1.61. The van der Waals surface area contributed by atoms with Gasteiger partial charge < -0.3 is 4.90 Å². The quantitative estimate of drug-likeness (QED) is 0.799. The molecule has 2 nitrogen and oxygen atoms in total. The smallest absolute Gasteiger partial charge is 0.254 e. The van der Waals surface area contributed by atoms with Crippen molar-refractivity contribution in [2.75, 3.05) is 13.1 Å². The highest BCUT2D eigenvalue weighted by molar-refractivity contribution is 7.13. The molecule has 1 aliphatic rings. The summed E-state index contributed by atoms with van der Waals surface area (Å²) in [5.74, 6) is 0.199. The van der Waals surface area contributed by atoms with Crippen LogP contribution in [0.5, 0.6) is 0 Å². The van der Waals surface area contributed by atoms with E-state index in [4.69, 9.17) is 0 Å². The van der Waals surface area contributed by atoms with E-state index in [1.54, 1.807) is 11.3 Å². The number of thiophene rings is 1. The predicted molar refractivity (Wildman–Crippen MR) is 84.1 cm³/mol. The van der Waals surface area contributed by atoms with Crippen molar-refractivity contribution in [2.45, 2.75) is 25.7 Å². The van der Waals surface area contributed by atoms with Crippen molar-refractivity contribution in [2.24, 2.45) is 0 Å². The molecule has 0 radical (unpaired) electrons. The van der Waals surface area contributed by atoms with Gasteiger partial charge in [0.1, 0.15) is 0 Å². The predicted octanol–water partition coefficient (Wildman–Crippen LogP) is 4.43. The fourth-order valence-corrected chi connectivity index (χ4v) is 3.55. The number of hydrogen-bond donors (Lipinski definition) is 0. The van der Waals surface area contributed by atoms with E-state index in [9.17, 15) is 4.79 Å². The number of likely N-dealkylation sites (tertiary alicyclic amines) is 1. The largest absolute Gasteiger partial charge is 0.339 e. The van der Waals surface area contributed by atoms with Gasteiger partial charge in [-0.15, -0.1) is 11.3 Å². The summed E-state index contributed by atoms with van der Waals surface area (Å²) in [4.78, 5) is 15.7. The summed E-state index contributed by atoms with van der Waals surface area (Å²) in [7, 11) is 0. The third-order valence-corrected chi connectivity index (χ3v) is 4.78. The molecule has 0 spiro atoms. The second-order valence-corrected chi connectivity index (χ2v) is 6.18. The molecule has 0 N–H and O–H groups in total. The molecule has 2 heterocycles. The second kappa shape index (κ2) is 6.23. The molecule has 2 aromatic rings. The monoisotopic (exact) mass is 285 g/mol. The van der Waals surface area contributed by atoms with E-state index in [1.807, 2.05) is 34.5 Å². The lowest BCUT2D eigenvalue weighted by Gasteiger charge is -2.19. The molecule has 1 amide bonds. The van der Waals surface area contributed by atoms with Gasteiger partial charge in [0.2, 0.25) is 0 Å². The molecular weight excluding hydrogens is 266 g/mol. The number of nitrogens with zero attached hydrogens (tertiary/aromatic N) is 1. The zero-order valence-corrected chi connectivity index (χ0v) is 12.4. The highest BCUT2D eigenvalue weighted by Gasteiger charge is 2.18. The van der Waals surface area contributed by atoms with Crippen LogP contribution in [-0.4, -0.2) is 23.9 Å². The van der Waals surface area contributed by atoms with Crippen LogP contribution in [0.4, 0.5) is 0 Å². The summed E-state index contributed by atoms with van der Waals surface area (Å²) >= 11 is 1.65. The molecule has 0 unspecified atom stereocenters. The van der Waals surface area contributed by atoms with Crippen LogP contribution < -0.4 is 0 Å². The first-order chi connectivity index (χ1) is 9.84. The molecule has 3 heteroatoms. The third kappa shape index (κ3) is 2.93. The van der Waals surface area contributed by atoms with Crippen LogP contribution in [0.1, 0.15) is 36.0 Å². The molecule has 0 aliphatic carbocycles. The van der Waals surface area contributed by atoms with E-state index in [2.05, 4.69) is 12.1 Å². The Morgan fingerprint density at radius 3 is 2.40 bits per heavy atom. The van der Waals surface area contributed by atoms with Crippen LogP contribution in [0.15, 0.2) is 41.8 Å². The number of rotatable bonds is 2. The molecule has 1 aromatic heterocycles. The first-order valence-corrected chi connectivity index (χ1v) is 8.16. The summed E-state index contributed by atoms with van der Waals surface area (Å²) in [6.07, 6.45) is 4.79. The fraction of sp³-hybridized carbons (Fsp3) is 0.353. The van der Waals surface area contributed by atoms with Gasteiger partial charge in [-0.05, 0) is 24.5 Å². The summed E-state index contributed by atoms with van der Waals surface area (Å²) in [6.45, 7) is 1.82. The molecule has 1 aromatic carbocycles. The Morgan fingerprint density at radius 2 is 1.70 bits per heavy atom. The van der Waals surface area contributed by atoms with Crippen molar-refractivity contribution in [1.82, 2.24) is 4.90 Å². The van der Waals surface area contributed by atoms with Gasteiger partial charge in [0, 0.05) is 23.3 Å². The molecule has 3 rings (SSSR count). The SMILES string of the molecule is O=C(c1csc(-c2ccccc2)c1)N1CCCCCC1. The van der Waals surface area contributed by atoms with Crippen LogP contribution in [-0.2, 0) is 0 Å². The van der Waals surface area contributed by atoms with Crippen molar-refractivity contribution >= 4 is 17.2 Å². The van der Waals surface area contributed by atoms with E-state index in [0.29, 0.717) is 0 Å². The molecule has 1 aliphatic heterocycles. The zero-order valence-electron chi connectivity index (χ0n) is 11.5. The van der Waals surface area contributed by atoms with Gasteiger partial charge in [-0.3, -0.25) is 4.79 Å². The number of amides is 1. The van der Waals surface area contributed by atoms with Gasteiger partial charge >= 0.3 is 0 Å². The lowest BCUT2D eigenvalue weighted by molar-refractivity contribution is 0.0762. The topological polar surface area (TPSA) is 20.3 Å². The molecule has 1 fully saturated rings. The second-order valence-electron chi connectivity index (χ2n) is 5.27. The van der Waals surface area contributed by atoms with Gasteiger partial charge in [-0.1, -0.05) is 43.2 Å². The minimum atomic E-state index is 0.199. The molecule has 1 saturated heterocycles. The Morgan fingerprint density at radius 1 is 1.00 bits per heavy atom. The third-order valence-electron chi connectivity index (χ3n) is 3.80. The van der Waals surface area contributed by atoms with E-state index in [0.717, 1.165) is 31.5 Å². The maximum absolute atomic E-state index is 12.5. The summed E-state index contributed by atoms with van der Waals surface area (Å²) in [5, 5.41) is 2.00. The van der Waals surface area contributed by atoms with Crippen LogP contribution in [0.3, 0.4) is 0 Å². The van der Waals surface area contributed by atoms with E-state index >= 15 is 0 Å². The Bertz CT molecular complexity index is 568. The summed E-state index contributed by atoms with van der Waals surface area (Å²) in [6, 6.07) is 12.3. The van der Waals surface area contributed by atoms with Crippen LogP contribution >= 0.6 is 11.3 Å². The van der Waals surface area contributed by atoms with Crippen molar-refractivity contribution in [3.63, 3.8) is 0 Å². The Kier molecular flexibility index (Phi) is 4.16. The van der Waals surface area contributed by atoms with E-state index < -0.39 is 0 Å². The first kappa shape index (κ1) is 13.4. The minimum absolute atomic E-state index is 0.199. The number of hydrogen-bond acceptors (Lipinski definition) is 2. The lowest BCUT2D eigenvalue weighted by atomic mass is 10.1. The molecule has 20 heavy (non-hydrogen) atoms. The highest BCUT2D eigenvalue weighted by atomic mass is 32.1. The average molecular weight is 285 g/mol. The number of benzene rings is 1. The van der Waals surface area contributed by atoms with Crippen molar-refractivity contribution < 1.29 is 4.79 Å². The molecule has 0 saturated carbocycles. The van der Waals surface area contributed by atoms with Crippen molar-refractivity contribution in [3.05, 3.63) is 47.3 Å². The van der Waals surface area contributed by atoms with Gasteiger partial charge in [0.05, 0.1) is 5.56 Å². The fourth-order valence-electron chi connectivity index (χ4n) is 2.66. The van der Waals surface area contributed by atoms with E-state index in [1.165, 1.54) is 23.3 Å². The van der Waals surface area contributed by atoms with Crippen LogP contribution in [0.25, 0.3) is 10.4 Å². The maximum Gasteiger partial charge on any atom is 0.254 e. The lowest BCUT2D eigenvalue weighted by Crippen LogP contribution is -2.31. The number of carbonyl (C=O) groups is 1. The zero-order chi connectivity index (χ0) is 13.8. The Balaban J connectivity index is 1.77. The number of carbonyl (C=O) groups excluding carboxylic acids is 1. The van der Waals surface area contributed by atoms with Gasteiger partial charge in [-0.25, -0.2) is 0 Å². The molecule has 0 atom stereocenters. The summed E-state index contributed by atoms with van der Waals surface area (Å²) in [5.41, 5.74) is 2.03. The maximum atomic E-state index is 12.5. The van der Waals surface area contributed by atoms with Gasteiger partial charge in [0.25, 0.3) is 5.91 Å². The average Bonchev–Trinajstić information content (AvgIpc) is 2.83. The molecule has 104 valence electrons. The van der Waals surface area contributed by atoms with Gasteiger partial charge in [-0.2, -0.15) is 0 Å². The summed E-state index contributed by atoms with van der Waals surface area (Å²) < 4.78 is 0. The minimum Gasteiger partial charge on any atom is -0.339 e. The van der Waals surface area contributed by atoms with Crippen molar-refractivity contribution in [3.8, 4) is 10.4 Å². The molecule has 0 bridgehead atoms. The highest BCUT2D eigenvalue weighted by Crippen LogP contribution is 2.28. The normalized spacial score (nSPS) is 15.9. The van der Waals surface area contributed by atoms with Crippen LogP contribution in [0.2, 0.25) is 0 Å². The van der Waals surface area contributed by atoms with E-state index in [-0.39, 0.29) is 5.91 Å². The standard InChI is InChI=1S/C17H19NOS/c19-17(18-10-6-1-2-7-11-18)15-12-16(20-13-15)14-8-4-3-5-9-14/h3-5,8-9,12-13H,1-2,6-7,10-11H2. The van der Waals surface area contributed by atoms with Crippen molar-refractivity contribution in [1.29, 1.82) is 0 Å². The Labute approximate surface area is 124 Å². The van der Waals surface area contributed by atoms with Crippen LogP contribution in [0, 0.1) is 0 Å². The molecular formula is C17H19NOS.